The van der Waals surface area contributed by atoms with Crippen LogP contribution >= 0.6 is 0 Å². The highest BCUT2D eigenvalue weighted by molar-refractivity contribution is 7.89. The topological polar surface area (TPSA) is 119 Å². The van der Waals surface area contributed by atoms with Crippen LogP contribution in [0.25, 0.3) is 5.65 Å². The van der Waals surface area contributed by atoms with Gasteiger partial charge in [-0.1, -0.05) is 6.07 Å². The van der Waals surface area contributed by atoms with Gasteiger partial charge in [-0.3, -0.25) is 4.79 Å². The number of aromatic nitrogens is 3. The van der Waals surface area contributed by atoms with E-state index in [-0.39, 0.29) is 10.5 Å². The molecule has 3 rings (SSSR count). The van der Waals surface area contributed by atoms with E-state index in [1.807, 2.05) is 0 Å². The van der Waals surface area contributed by atoms with Crippen molar-refractivity contribution in [3.8, 4) is 0 Å². The molecule has 0 fully saturated rings. The summed E-state index contributed by atoms with van der Waals surface area (Å²) in [6.07, 6.45) is 4.61. The van der Waals surface area contributed by atoms with Crippen LogP contribution in [0.15, 0.2) is 53.8 Å². The molecule has 0 aliphatic heterocycles. The van der Waals surface area contributed by atoms with Crippen LogP contribution in [0.2, 0.25) is 0 Å². The Kier molecular flexibility index (Phi) is 3.35. The smallest absolute Gasteiger partial charge is 0.261 e. The minimum Gasteiger partial charge on any atom is -0.322 e. The molecule has 112 valence electrons. The Bertz CT molecular complexity index is 964. The lowest BCUT2D eigenvalue weighted by molar-refractivity contribution is 0.102. The second-order valence-corrected chi connectivity index (χ2v) is 6.03. The molecule has 3 aromatic rings. The van der Waals surface area contributed by atoms with Crippen LogP contribution in [-0.2, 0) is 10.0 Å². The first-order chi connectivity index (χ1) is 10.4. The molecule has 1 amide bonds. The molecule has 0 radical (unpaired) electrons. The zero-order chi connectivity index (χ0) is 15.7. The van der Waals surface area contributed by atoms with Gasteiger partial charge in [0.05, 0.1) is 11.1 Å². The fourth-order valence-corrected chi connectivity index (χ4v) is 2.50. The van der Waals surface area contributed by atoms with Crippen LogP contribution in [0, 0.1) is 0 Å². The van der Waals surface area contributed by atoms with E-state index in [1.165, 1.54) is 28.9 Å². The largest absolute Gasteiger partial charge is 0.322 e. The van der Waals surface area contributed by atoms with Gasteiger partial charge < -0.3 is 5.32 Å². The van der Waals surface area contributed by atoms with Crippen LogP contribution in [0.5, 0.6) is 0 Å². The van der Waals surface area contributed by atoms with Gasteiger partial charge in [-0.2, -0.15) is 5.10 Å². The number of hydrogen-bond acceptors (Lipinski definition) is 5. The number of benzene rings is 1. The first kappa shape index (κ1) is 14.2. The summed E-state index contributed by atoms with van der Waals surface area (Å²) >= 11 is 0. The fraction of sp³-hybridized carbons (Fsp3) is 0. The summed E-state index contributed by atoms with van der Waals surface area (Å²) < 4.78 is 24.1. The van der Waals surface area contributed by atoms with Gasteiger partial charge in [-0.15, -0.1) is 0 Å². The third-order valence-electron chi connectivity index (χ3n) is 2.94. The maximum Gasteiger partial charge on any atom is 0.261 e. The molecule has 1 aromatic carbocycles. The fourth-order valence-electron chi connectivity index (χ4n) is 1.94. The molecule has 0 aliphatic carbocycles. The minimum atomic E-state index is -3.83. The van der Waals surface area contributed by atoms with Gasteiger partial charge in [-0.05, 0) is 24.3 Å². The van der Waals surface area contributed by atoms with Crippen LogP contribution in [0.4, 0.5) is 5.69 Å². The third-order valence-corrected chi connectivity index (χ3v) is 3.86. The number of primary sulfonamides is 1. The Morgan fingerprint density at radius 1 is 1.27 bits per heavy atom. The van der Waals surface area contributed by atoms with Crippen LogP contribution < -0.4 is 10.5 Å². The number of fused-ring (bicyclic) bond motifs is 1. The highest BCUT2D eigenvalue weighted by Gasteiger charge is 2.15. The predicted molar refractivity (Wildman–Crippen MR) is 78.8 cm³/mol. The highest BCUT2D eigenvalue weighted by Crippen LogP contribution is 2.16. The molecular weight excluding hydrogens is 306 g/mol. The van der Waals surface area contributed by atoms with Crippen molar-refractivity contribution in [1.29, 1.82) is 0 Å². The average Bonchev–Trinajstić information content (AvgIpc) is 2.90. The molecule has 0 bridgehead atoms. The van der Waals surface area contributed by atoms with Gasteiger partial charge in [0, 0.05) is 18.1 Å². The van der Waals surface area contributed by atoms with Gasteiger partial charge in [0.1, 0.15) is 5.56 Å². The number of carbonyl (C=O) groups excluding carboxylic acids is 1. The van der Waals surface area contributed by atoms with Gasteiger partial charge in [-0.25, -0.2) is 23.1 Å². The maximum atomic E-state index is 12.3. The van der Waals surface area contributed by atoms with Crippen LogP contribution in [-0.4, -0.2) is 28.9 Å². The van der Waals surface area contributed by atoms with Gasteiger partial charge >= 0.3 is 0 Å². The Morgan fingerprint density at radius 2 is 2.09 bits per heavy atom. The monoisotopic (exact) mass is 317 g/mol. The van der Waals surface area contributed by atoms with E-state index in [0.717, 1.165) is 0 Å². The number of anilines is 1. The summed E-state index contributed by atoms with van der Waals surface area (Å²) in [5.74, 6) is -0.444. The van der Waals surface area contributed by atoms with E-state index < -0.39 is 15.9 Å². The van der Waals surface area contributed by atoms with Crippen molar-refractivity contribution in [2.45, 2.75) is 4.90 Å². The molecule has 2 heterocycles. The number of carbonyl (C=O) groups is 1. The highest BCUT2D eigenvalue weighted by atomic mass is 32.2. The lowest BCUT2D eigenvalue weighted by atomic mass is 10.2. The summed E-state index contributed by atoms with van der Waals surface area (Å²) in [4.78, 5) is 16.3. The van der Waals surface area contributed by atoms with E-state index in [0.29, 0.717) is 11.3 Å². The zero-order valence-electron chi connectivity index (χ0n) is 11.2. The average molecular weight is 317 g/mol. The number of nitrogens with one attached hydrogen (secondary N) is 1. The summed E-state index contributed by atoms with van der Waals surface area (Å²) in [5.41, 5.74) is 0.996. The first-order valence-electron chi connectivity index (χ1n) is 6.18. The lowest BCUT2D eigenvalue weighted by Crippen LogP contribution is -2.15. The normalized spacial score (nSPS) is 11.5. The molecule has 8 nitrogen and oxygen atoms in total. The molecule has 0 atom stereocenters. The molecule has 22 heavy (non-hydrogen) atoms. The standard InChI is InChI=1S/C13H11N5O3S/c14-22(20,21)10-4-1-3-9(7-10)17-13(19)11-8-16-18-6-2-5-15-12(11)18/h1-8H,(H,17,19)(H2,14,20,21). The van der Waals surface area contributed by atoms with Crippen molar-refractivity contribution >= 4 is 27.3 Å². The SMILES string of the molecule is NS(=O)(=O)c1cccc(NC(=O)c2cnn3cccnc23)c1. The van der Waals surface area contributed by atoms with Crippen molar-refractivity contribution in [2.75, 3.05) is 5.32 Å². The van der Waals surface area contributed by atoms with Crippen molar-refractivity contribution in [3.63, 3.8) is 0 Å². The summed E-state index contributed by atoms with van der Waals surface area (Å²) in [5, 5.41) is 11.7. The van der Waals surface area contributed by atoms with Gasteiger partial charge in [0.15, 0.2) is 5.65 Å². The Hall–Kier alpha value is -2.78. The third kappa shape index (κ3) is 2.67. The lowest BCUT2D eigenvalue weighted by Gasteiger charge is -2.05. The predicted octanol–water partition coefficient (Wildman–Crippen LogP) is 0.629. The number of nitrogens with two attached hydrogens (primary N) is 1. The number of hydrogen-bond donors (Lipinski definition) is 2. The summed E-state index contributed by atoms with van der Waals surface area (Å²) in [7, 11) is -3.83. The minimum absolute atomic E-state index is 0.0803. The van der Waals surface area contributed by atoms with Crippen molar-refractivity contribution in [1.82, 2.24) is 14.6 Å². The molecule has 0 saturated carbocycles. The molecule has 0 spiro atoms. The number of rotatable bonds is 3. The molecule has 2 aromatic heterocycles. The Morgan fingerprint density at radius 3 is 2.86 bits per heavy atom. The molecule has 9 heteroatoms. The second kappa shape index (κ2) is 5.20. The molecule has 0 saturated heterocycles. The van der Waals surface area contributed by atoms with Gasteiger partial charge in [0.2, 0.25) is 10.0 Å². The number of nitrogens with zero attached hydrogens (tertiary/aromatic N) is 3. The maximum absolute atomic E-state index is 12.3. The van der Waals surface area contributed by atoms with Crippen LogP contribution in [0.3, 0.4) is 0 Å². The van der Waals surface area contributed by atoms with E-state index in [2.05, 4.69) is 15.4 Å². The van der Waals surface area contributed by atoms with Crippen molar-refractivity contribution < 1.29 is 13.2 Å². The van der Waals surface area contributed by atoms with E-state index >= 15 is 0 Å². The number of sulfonamides is 1. The first-order valence-corrected chi connectivity index (χ1v) is 7.72. The van der Waals surface area contributed by atoms with Crippen molar-refractivity contribution in [3.05, 3.63) is 54.5 Å². The molecular formula is C13H11N5O3S. The van der Waals surface area contributed by atoms with E-state index in [1.54, 1.807) is 24.5 Å². The quantitative estimate of drug-likeness (QED) is 0.734. The van der Waals surface area contributed by atoms with Gasteiger partial charge in [0.25, 0.3) is 5.91 Å². The molecule has 0 aliphatic rings. The molecule has 3 N–H and O–H groups in total. The molecule has 0 unspecified atom stereocenters. The van der Waals surface area contributed by atoms with Crippen molar-refractivity contribution in [2.24, 2.45) is 5.14 Å². The number of amides is 1. The second-order valence-electron chi connectivity index (χ2n) is 4.47. The van der Waals surface area contributed by atoms with Crippen LogP contribution in [0.1, 0.15) is 10.4 Å². The zero-order valence-corrected chi connectivity index (χ0v) is 12.0. The van der Waals surface area contributed by atoms with E-state index in [9.17, 15) is 13.2 Å². The summed E-state index contributed by atoms with van der Waals surface area (Å²) in [6, 6.07) is 7.38. The Labute approximate surface area is 125 Å². The van der Waals surface area contributed by atoms with E-state index in [4.69, 9.17) is 5.14 Å². The summed E-state index contributed by atoms with van der Waals surface area (Å²) in [6.45, 7) is 0. The Balaban J connectivity index is 1.92.